The molecule has 1 aliphatic heterocycles. The predicted molar refractivity (Wildman–Crippen MR) is 86.7 cm³/mol. The molecular weight excluding hydrogens is 290 g/mol. The molecule has 0 bridgehead atoms. The number of nitriles is 2. The Morgan fingerprint density at radius 2 is 1.52 bits per heavy atom. The lowest BCUT2D eigenvalue weighted by Crippen LogP contribution is -2.47. The molecule has 0 aliphatic carbocycles. The van der Waals surface area contributed by atoms with Gasteiger partial charge in [0.2, 0.25) is 0 Å². The average molecular weight is 305 g/mol. The maximum absolute atomic E-state index is 8.94. The van der Waals surface area contributed by atoms with E-state index < -0.39 is 0 Å². The zero-order chi connectivity index (χ0) is 16.2. The third-order valence-corrected chi connectivity index (χ3v) is 3.81. The molecule has 2 N–H and O–H groups in total. The molecule has 0 saturated carbocycles. The molecule has 23 heavy (non-hydrogen) atoms. The van der Waals surface area contributed by atoms with E-state index in [0.29, 0.717) is 11.3 Å². The Hall–Kier alpha value is -3.32. The van der Waals surface area contributed by atoms with Gasteiger partial charge in [-0.25, -0.2) is 9.97 Å². The Balaban J connectivity index is 1.70. The van der Waals surface area contributed by atoms with Crippen LogP contribution in [0.5, 0.6) is 0 Å². The van der Waals surface area contributed by atoms with Crippen molar-refractivity contribution in [3.8, 4) is 12.1 Å². The van der Waals surface area contributed by atoms with E-state index in [0.717, 1.165) is 37.8 Å². The van der Waals surface area contributed by atoms with Crippen LogP contribution in [-0.4, -0.2) is 36.1 Å². The molecular formula is C16H15N7. The molecule has 0 spiro atoms. The molecule has 0 atom stereocenters. The van der Waals surface area contributed by atoms with Crippen LogP contribution in [0.2, 0.25) is 0 Å². The van der Waals surface area contributed by atoms with Gasteiger partial charge in [0.1, 0.15) is 35.3 Å². The Morgan fingerprint density at radius 3 is 2.09 bits per heavy atom. The quantitative estimate of drug-likeness (QED) is 0.886. The van der Waals surface area contributed by atoms with E-state index in [-0.39, 0.29) is 5.82 Å². The molecule has 1 saturated heterocycles. The van der Waals surface area contributed by atoms with Crippen molar-refractivity contribution in [1.29, 1.82) is 10.5 Å². The van der Waals surface area contributed by atoms with Crippen LogP contribution < -0.4 is 15.5 Å². The highest BCUT2D eigenvalue weighted by atomic mass is 15.3. The van der Waals surface area contributed by atoms with Crippen molar-refractivity contribution in [2.24, 2.45) is 0 Å². The number of hydrogen-bond donors (Lipinski definition) is 1. The van der Waals surface area contributed by atoms with E-state index in [2.05, 4.69) is 25.8 Å². The van der Waals surface area contributed by atoms with Crippen LogP contribution in [0.25, 0.3) is 0 Å². The Kier molecular flexibility index (Phi) is 3.94. The first-order chi connectivity index (χ1) is 11.2. The molecule has 2 aromatic heterocycles. The van der Waals surface area contributed by atoms with E-state index in [1.807, 2.05) is 24.3 Å². The van der Waals surface area contributed by atoms with Crippen LogP contribution in [-0.2, 0) is 0 Å². The number of hydrogen-bond acceptors (Lipinski definition) is 7. The molecule has 1 fully saturated rings. The summed E-state index contributed by atoms with van der Waals surface area (Å²) in [5, 5.41) is 17.8. The molecule has 2 aromatic rings. The molecule has 114 valence electrons. The van der Waals surface area contributed by atoms with Crippen LogP contribution in [0.1, 0.15) is 11.3 Å². The highest BCUT2D eigenvalue weighted by molar-refractivity contribution is 5.55. The van der Waals surface area contributed by atoms with E-state index in [1.165, 1.54) is 0 Å². The van der Waals surface area contributed by atoms with Crippen LogP contribution in [0, 0.1) is 22.7 Å². The first-order valence-corrected chi connectivity index (χ1v) is 7.25. The van der Waals surface area contributed by atoms with Gasteiger partial charge in [0, 0.05) is 26.2 Å². The molecule has 0 aromatic carbocycles. The van der Waals surface area contributed by atoms with Gasteiger partial charge in [0.25, 0.3) is 0 Å². The number of nitrogens with zero attached hydrogens (tertiary/aromatic N) is 6. The van der Waals surface area contributed by atoms with E-state index in [4.69, 9.17) is 16.3 Å². The molecule has 7 heteroatoms. The van der Waals surface area contributed by atoms with Gasteiger partial charge in [0.15, 0.2) is 0 Å². The highest BCUT2D eigenvalue weighted by Gasteiger charge is 2.19. The number of piperazine rings is 1. The summed E-state index contributed by atoms with van der Waals surface area (Å²) in [5.74, 6) is 1.85. The lowest BCUT2D eigenvalue weighted by atomic mass is 10.2. The summed E-state index contributed by atoms with van der Waals surface area (Å²) in [6.45, 7) is 3.11. The van der Waals surface area contributed by atoms with Crippen LogP contribution in [0.3, 0.4) is 0 Å². The number of pyridine rings is 2. The lowest BCUT2D eigenvalue weighted by Gasteiger charge is -2.36. The Bertz CT molecular complexity index is 795. The lowest BCUT2D eigenvalue weighted by molar-refractivity contribution is 0.642. The Labute approximate surface area is 134 Å². The van der Waals surface area contributed by atoms with Crippen LogP contribution in [0.4, 0.5) is 17.5 Å². The first kappa shape index (κ1) is 14.6. The number of nitrogens with two attached hydrogens (primary N) is 1. The molecule has 1 aliphatic rings. The predicted octanol–water partition coefficient (Wildman–Crippen LogP) is 1.13. The fraction of sp³-hybridized carbons (Fsp3) is 0.250. The summed E-state index contributed by atoms with van der Waals surface area (Å²) >= 11 is 0. The van der Waals surface area contributed by atoms with Gasteiger partial charge in [-0.2, -0.15) is 10.5 Å². The van der Waals surface area contributed by atoms with Crippen molar-refractivity contribution in [3.05, 3.63) is 41.6 Å². The fourth-order valence-corrected chi connectivity index (χ4v) is 2.56. The van der Waals surface area contributed by atoms with Gasteiger partial charge in [-0.1, -0.05) is 6.07 Å². The minimum Gasteiger partial charge on any atom is -0.383 e. The number of rotatable bonds is 2. The van der Waals surface area contributed by atoms with Crippen LogP contribution in [0.15, 0.2) is 30.3 Å². The van der Waals surface area contributed by atoms with E-state index >= 15 is 0 Å². The highest BCUT2D eigenvalue weighted by Crippen LogP contribution is 2.20. The normalized spacial score (nSPS) is 14.2. The van der Waals surface area contributed by atoms with E-state index in [9.17, 15) is 0 Å². The van der Waals surface area contributed by atoms with Gasteiger partial charge in [-0.3, -0.25) is 0 Å². The maximum Gasteiger partial charge on any atom is 0.143 e. The SMILES string of the molecule is N#Cc1cccc(N2CCN(c3ccc(C#N)c(N)n3)CC2)n1. The zero-order valence-corrected chi connectivity index (χ0v) is 12.5. The molecule has 0 unspecified atom stereocenters. The molecule has 3 heterocycles. The first-order valence-electron chi connectivity index (χ1n) is 7.25. The number of aromatic nitrogens is 2. The summed E-state index contributed by atoms with van der Waals surface area (Å²) in [6.07, 6.45) is 0. The van der Waals surface area contributed by atoms with Gasteiger partial charge in [-0.05, 0) is 24.3 Å². The van der Waals surface area contributed by atoms with Crippen molar-refractivity contribution in [1.82, 2.24) is 9.97 Å². The molecule has 0 radical (unpaired) electrons. The minimum atomic E-state index is 0.260. The van der Waals surface area contributed by atoms with Crippen molar-refractivity contribution >= 4 is 17.5 Å². The minimum absolute atomic E-state index is 0.260. The van der Waals surface area contributed by atoms with Crippen molar-refractivity contribution < 1.29 is 0 Å². The fourth-order valence-electron chi connectivity index (χ4n) is 2.56. The standard InChI is InChI=1S/C16H15N7/c17-10-12-4-5-15(21-16(12)19)23-8-6-22(7-9-23)14-3-1-2-13(11-18)20-14/h1-5H,6-9H2,(H2,19,21). The van der Waals surface area contributed by atoms with Gasteiger partial charge in [-0.15, -0.1) is 0 Å². The van der Waals surface area contributed by atoms with Crippen molar-refractivity contribution in [2.75, 3.05) is 41.7 Å². The van der Waals surface area contributed by atoms with E-state index in [1.54, 1.807) is 12.1 Å². The zero-order valence-electron chi connectivity index (χ0n) is 12.5. The maximum atomic E-state index is 8.94. The second-order valence-corrected chi connectivity index (χ2v) is 5.18. The summed E-state index contributed by atoms with van der Waals surface area (Å²) in [5.41, 5.74) is 6.59. The summed E-state index contributed by atoms with van der Waals surface area (Å²) < 4.78 is 0. The van der Waals surface area contributed by atoms with Gasteiger partial charge in [0.05, 0.1) is 5.56 Å². The van der Waals surface area contributed by atoms with Gasteiger partial charge >= 0.3 is 0 Å². The third-order valence-electron chi connectivity index (χ3n) is 3.81. The molecule has 0 amide bonds. The van der Waals surface area contributed by atoms with Crippen LogP contribution >= 0.6 is 0 Å². The number of nitrogen functional groups attached to an aromatic ring is 1. The van der Waals surface area contributed by atoms with Gasteiger partial charge < -0.3 is 15.5 Å². The third kappa shape index (κ3) is 2.99. The number of anilines is 3. The Morgan fingerprint density at radius 1 is 0.870 bits per heavy atom. The second-order valence-electron chi connectivity index (χ2n) is 5.18. The smallest absolute Gasteiger partial charge is 0.143 e. The summed E-state index contributed by atoms with van der Waals surface area (Å²) in [4.78, 5) is 12.9. The molecule has 3 rings (SSSR count). The monoisotopic (exact) mass is 305 g/mol. The second kappa shape index (κ2) is 6.20. The average Bonchev–Trinajstić information content (AvgIpc) is 2.62. The largest absolute Gasteiger partial charge is 0.383 e. The van der Waals surface area contributed by atoms with Crippen molar-refractivity contribution in [2.45, 2.75) is 0 Å². The van der Waals surface area contributed by atoms with Crippen molar-refractivity contribution in [3.63, 3.8) is 0 Å². The summed E-state index contributed by atoms with van der Waals surface area (Å²) in [7, 11) is 0. The molecule has 7 nitrogen and oxygen atoms in total. The topological polar surface area (TPSA) is 106 Å². The summed E-state index contributed by atoms with van der Waals surface area (Å²) in [6, 6.07) is 13.0.